The molecule has 1 aromatic carbocycles. The van der Waals surface area contributed by atoms with Crippen LogP contribution in [-0.4, -0.2) is 16.1 Å². The maximum atomic E-state index is 10.4. The number of aryl methyl sites for hydroxylation is 1. The predicted octanol–water partition coefficient (Wildman–Crippen LogP) is 2.64. The highest BCUT2D eigenvalue weighted by Gasteiger charge is 1.98. The van der Waals surface area contributed by atoms with Gasteiger partial charge in [0.15, 0.2) is 0 Å². The molecule has 16 heavy (non-hydrogen) atoms. The summed E-state index contributed by atoms with van der Waals surface area (Å²) in [5.41, 5.74) is 1.81. The third-order valence-electron chi connectivity index (χ3n) is 2.41. The molecule has 0 aliphatic carbocycles. The Morgan fingerprint density at radius 3 is 2.94 bits per heavy atom. The van der Waals surface area contributed by atoms with E-state index < -0.39 is 5.97 Å². The molecule has 0 fully saturated rings. The largest absolute Gasteiger partial charge is 0.478 e. The maximum absolute atomic E-state index is 10.4. The van der Waals surface area contributed by atoms with Crippen LogP contribution in [0.5, 0.6) is 0 Å². The number of rotatable bonds is 2. The molecule has 1 N–H and O–H groups in total. The lowest BCUT2D eigenvalue weighted by atomic mass is 10.1. The fourth-order valence-electron chi connectivity index (χ4n) is 1.60. The highest BCUT2D eigenvalue weighted by molar-refractivity contribution is 5.89. The number of benzene rings is 1. The second-order valence-electron chi connectivity index (χ2n) is 3.55. The lowest BCUT2D eigenvalue weighted by molar-refractivity contribution is -0.131. The molecule has 80 valence electrons. The number of aromatic nitrogens is 1. The van der Waals surface area contributed by atoms with E-state index in [1.165, 1.54) is 0 Å². The van der Waals surface area contributed by atoms with Crippen LogP contribution in [-0.2, 0) is 4.79 Å². The molecule has 3 heteroatoms. The van der Waals surface area contributed by atoms with Gasteiger partial charge in [0.25, 0.3) is 0 Å². The summed E-state index contributed by atoms with van der Waals surface area (Å²) in [6, 6.07) is 7.73. The van der Waals surface area contributed by atoms with Gasteiger partial charge in [-0.2, -0.15) is 0 Å². The predicted molar refractivity (Wildman–Crippen MR) is 63.1 cm³/mol. The number of carboxylic acid groups (broad SMARTS) is 1. The van der Waals surface area contributed by atoms with Crippen molar-refractivity contribution in [2.24, 2.45) is 0 Å². The van der Waals surface area contributed by atoms with E-state index in [4.69, 9.17) is 5.11 Å². The zero-order chi connectivity index (χ0) is 11.5. The summed E-state index contributed by atoms with van der Waals surface area (Å²) >= 11 is 0. The number of nitrogens with zero attached hydrogens (tertiary/aromatic N) is 1. The van der Waals surface area contributed by atoms with E-state index in [0.717, 1.165) is 28.1 Å². The van der Waals surface area contributed by atoms with Gasteiger partial charge in [-0.15, -0.1) is 0 Å². The Balaban J connectivity index is 2.51. The summed E-state index contributed by atoms with van der Waals surface area (Å²) in [5.74, 6) is -0.942. The highest BCUT2D eigenvalue weighted by atomic mass is 16.4. The minimum Gasteiger partial charge on any atom is -0.478 e. The topological polar surface area (TPSA) is 50.2 Å². The molecular formula is C13H11NO2. The zero-order valence-corrected chi connectivity index (χ0v) is 8.84. The van der Waals surface area contributed by atoms with E-state index in [2.05, 4.69) is 4.98 Å². The Morgan fingerprint density at radius 2 is 2.19 bits per heavy atom. The highest BCUT2D eigenvalue weighted by Crippen LogP contribution is 2.18. The lowest BCUT2D eigenvalue weighted by Crippen LogP contribution is -1.87. The Bertz CT molecular complexity index is 573. The molecule has 1 aromatic heterocycles. The van der Waals surface area contributed by atoms with Gasteiger partial charge in [-0.05, 0) is 36.1 Å². The molecule has 0 bridgehead atoms. The molecule has 0 saturated heterocycles. The molecule has 2 rings (SSSR count). The molecule has 2 aromatic rings. The van der Waals surface area contributed by atoms with Gasteiger partial charge in [-0.3, -0.25) is 4.98 Å². The monoisotopic (exact) mass is 213 g/mol. The van der Waals surface area contributed by atoms with Crippen molar-refractivity contribution >= 4 is 22.8 Å². The van der Waals surface area contributed by atoms with Crippen LogP contribution in [0.4, 0.5) is 0 Å². The van der Waals surface area contributed by atoms with E-state index in [-0.39, 0.29) is 0 Å². The molecule has 0 atom stereocenters. The third kappa shape index (κ3) is 2.08. The van der Waals surface area contributed by atoms with Crippen LogP contribution in [0.1, 0.15) is 11.3 Å². The van der Waals surface area contributed by atoms with Crippen molar-refractivity contribution in [3.05, 3.63) is 47.8 Å². The number of fused-ring (bicyclic) bond motifs is 1. The average molecular weight is 213 g/mol. The first-order chi connectivity index (χ1) is 7.66. The first-order valence-electron chi connectivity index (χ1n) is 4.93. The second kappa shape index (κ2) is 4.14. The van der Waals surface area contributed by atoms with Crippen LogP contribution < -0.4 is 0 Å². The molecule has 0 unspecified atom stereocenters. The normalized spacial score (nSPS) is 11.1. The summed E-state index contributed by atoms with van der Waals surface area (Å²) in [7, 11) is 0. The molecule has 0 aliphatic heterocycles. The third-order valence-corrected chi connectivity index (χ3v) is 2.41. The summed E-state index contributed by atoms with van der Waals surface area (Å²) < 4.78 is 0. The number of carboxylic acids is 1. The van der Waals surface area contributed by atoms with Crippen LogP contribution in [0.2, 0.25) is 0 Å². The van der Waals surface area contributed by atoms with Crippen molar-refractivity contribution in [1.82, 2.24) is 4.98 Å². The molecule has 0 saturated carbocycles. The Hall–Kier alpha value is -2.16. The zero-order valence-electron chi connectivity index (χ0n) is 8.84. The SMILES string of the molecule is Cc1nccc2ccc(/C=C\C(=O)O)cc12. The van der Waals surface area contributed by atoms with E-state index in [9.17, 15) is 4.79 Å². The number of aliphatic carboxylic acids is 1. The van der Waals surface area contributed by atoms with Gasteiger partial charge < -0.3 is 5.11 Å². The molecule has 1 heterocycles. The van der Waals surface area contributed by atoms with Crippen molar-refractivity contribution in [3.63, 3.8) is 0 Å². The van der Waals surface area contributed by atoms with Crippen LogP contribution in [0.3, 0.4) is 0 Å². The summed E-state index contributed by atoms with van der Waals surface area (Å²) in [6.45, 7) is 1.94. The number of carbonyl (C=O) groups is 1. The second-order valence-corrected chi connectivity index (χ2v) is 3.55. The van der Waals surface area contributed by atoms with E-state index in [1.807, 2.05) is 31.2 Å². The average Bonchev–Trinajstić information content (AvgIpc) is 2.27. The minimum atomic E-state index is -0.942. The smallest absolute Gasteiger partial charge is 0.328 e. The molecule has 0 amide bonds. The molecule has 0 spiro atoms. The van der Waals surface area contributed by atoms with Gasteiger partial charge in [-0.1, -0.05) is 12.1 Å². The van der Waals surface area contributed by atoms with Crippen LogP contribution in [0.15, 0.2) is 36.5 Å². The molecule has 3 nitrogen and oxygen atoms in total. The van der Waals surface area contributed by atoms with Crippen molar-refractivity contribution in [2.45, 2.75) is 6.92 Å². The lowest BCUT2D eigenvalue weighted by Gasteiger charge is -2.01. The van der Waals surface area contributed by atoms with Gasteiger partial charge in [0.1, 0.15) is 0 Å². The Morgan fingerprint density at radius 1 is 1.38 bits per heavy atom. The number of pyridine rings is 1. The fourth-order valence-corrected chi connectivity index (χ4v) is 1.60. The van der Waals surface area contributed by atoms with E-state index in [0.29, 0.717) is 0 Å². The van der Waals surface area contributed by atoms with E-state index >= 15 is 0 Å². The van der Waals surface area contributed by atoms with Gasteiger partial charge in [0.2, 0.25) is 0 Å². The van der Waals surface area contributed by atoms with Crippen LogP contribution in [0.25, 0.3) is 16.8 Å². The molecule has 0 aliphatic rings. The van der Waals surface area contributed by atoms with Crippen LogP contribution in [0, 0.1) is 6.92 Å². The molecule has 0 radical (unpaired) electrons. The summed E-state index contributed by atoms with van der Waals surface area (Å²) in [4.78, 5) is 14.6. The van der Waals surface area contributed by atoms with Crippen molar-refractivity contribution in [2.75, 3.05) is 0 Å². The summed E-state index contributed by atoms with van der Waals surface area (Å²) in [5, 5.41) is 10.7. The fraction of sp³-hybridized carbons (Fsp3) is 0.0769. The first kappa shape index (κ1) is 10.4. The number of hydrogen-bond donors (Lipinski definition) is 1. The quantitative estimate of drug-likeness (QED) is 0.780. The first-order valence-corrected chi connectivity index (χ1v) is 4.93. The van der Waals surface area contributed by atoms with Crippen LogP contribution >= 0.6 is 0 Å². The Kier molecular flexibility index (Phi) is 2.68. The van der Waals surface area contributed by atoms with Gasteiger partial charge >= 0.3 is 5.97 Å². The van der Waals surface area contributed by atoms with Crippen molar-refractivity contribution in [3.8, 4) is 0 Å². The van der Waals surface area contributed by atoms with Gasteiger partial charge in [0.05, 0.1) is 0 Å². The summed E-state index contributed by atoms with van der Waals surface area (Å²) in [6.07, 6.45) is 4.48. The Labute approximate surface area is 93.1 Å². The van der Waals surface area contributed by atoms with Crippen molar-refractivity contribution in [1.29, 1.82) is 0 Å². The minimum absolute atomic E-state index is 0.867. The molecular weight excluding hydrogens is 202 g/mol. The van der Waals surface area contributed by atoms with Crippen molar-refractivity contribution < 1.29 is 9.90 Å². The van der Waals surface area contributed by atoms with Gasteiger partial charge in [-0.25, -0.2) is 4.79 Å². The number of hydrogen-bond acceptors (Lipinski definition) is 2. The standard InChI is InChI=1S/C13H11NO2/c1-9-12-8-10(3-5-13(15)16)2-4-11(12)6-7-14-9/h2-8H,1H3,(H,15,16)/b5-3-. The maximum Gasteiger partial charge on any atom is 0.328 e. The van der Waals surface area contributed by atoms with Gasteiger partial charge in [0, 0.05) is 23.4 Å². The van der Waals surface area contributed by atoms with E-state index in [1.54, 1.807) is 12.3 Å².